The molecule has 5 heteroatoms. The van der Waals surface area contributed by atoms with Crippen molar-refractivity contribution in [2.24, 2.45) is 0 Å². The van der Waals surface area contributed by atoms with Gasteiger partial charge in [-0.3, -0.25) is 0 Å². The van der Waals surface area contributed by atoms with Crippen LogP contribution in [0.1, 0.15) is 26.5 Å². The molecule has 0 aromatic carbocycles. The Morgan fingerprint density at radius 2 is 2.00 bits per heavy atom. The third-order valence-electron chi connectivity index (χ3n) is 1.94. The van der Waals surface area contributed by atoms with Crippen LogP contribution >= 0.6 is 11.6 Å². The van der Waals surface area contributed by atoms with Crippen LogP contribution in [-0.2, 0) is 5.41 Å². The van der Waals surface area contributed by atoms with Gasteiger partial charge < -0.3 is 4.42 Å². The predicted octanol–water partition coefficient (Wildman–Crippen LogP) is 2.57. The fourth-order valence-corrected chi connectivity index (χ4v) is 1.30. The van der Waals surface area contributed by atoms with E-state index in [1.807, 2.05) is 6.07 Å². The predicted molar refractivity (Wildman–Crippen MR) is 53.3 cm³/mol. The van der Waals surface area contributed by atoms with Gasteiger partial charge >= 0.3 is 0 Å². The summed E-state index contributed by atoms with van der Waals surface area (Å²) < 4.78 is 5.52. The van der Waals surface area contributed by atoms with Crippen molar-refractivity contribution in [3.05, 3.63) is 17.0 Å². The molecule has 0 aliphatic rings. The first-order chi connectivity index (χ1) is 6.48. The molecule has 0 N–H and O–H groups in total. The van der Waals surface area contributed by atoms with Gasteiger partial charge in [-0.25, -0.2) is 0 Å². The van der Waals surface area contributed by atoms with Crippen molar-refractivity contribution in [3.8, 4) is 0 Å². The quantitative estimate of drug-likeness (QED) is 0.672. The maximum Gasteiger partial charge on any atom is 0.251 e. The van der Waals surface area contributed by atoms with E-state index in [1.54, 1.807) is 0 Å². The monoisotopic (exact) mass is 211 g/mol. The second-order valence-electron chi connectivity index (χ2n) is 4.16. The van der Waals surface area contributed by atoms with Crippen LogP contribution in [0.2, 0.25) is 5.15 Å². The van der Waals surface area contributed by atoms with Crippen LogP contribution in [0.25, 0.3) is 11.1 Å². The number of hydrogen-bond donors (Lipinski definition) is 0. The van der Waals surface area contributed by atoms with E-state index in [4.69, 9.17) is 16.0 Å². The standard InChI is InChI=1S/C9H10ClN3O/c1-9(2,3)6-4-5-7(10)11-13-12-8(5)14-6/h4H,1-3H3. The van der Waals surface area contributed by atoms with Crippen molar-refractivity contribution in [1.82, 2.24) is 15.4 Å². The van der Waals surface area contributed by atoms with Crippen LogP contribution in [0.3, 0.4) is 0 Å². The first-order valence-corrected chi connectivity index (χ1v) is 4.65. The number of furan rings is 1. The zero-order valence-electron chi connectivity index (χ0n) is 8.21. The van der Waals surface area contributed by atoms with Crippen LogP contribution < -0.4 is 0 Å². The molecule has 0 saturated heterocycles. The highest BCUT2D eigenvalue weighted by molar-refractivity contribution is 6.33. The first-order valence-electron chi connectivity index (χ1n) is 4.27. The van der Waals surface area contributed by atoms with Gasteiger partial charge in [-0.15, -0.1) is 5.10 Å². The van der Waals surface area contributed by atoms with E-state index in [9.17, 15) is 0 Å². The van der Waals surface area contributed by atoms with E-state index < -0.39 is 0 Å². The molecule has 4 nitrogen and oxygen atoms in total. The highest BCUT2D eigenvalue weighted by Crippen LogP contribution is 2.29. The van der Waals surface area contributed by atoms with Gasteiger partial charge in [0.2, 0.25) is 0 Å². The van der Waals surface area contributed by atoms with Crippen LogP contribution in [0.5, 0.6) is 0 Å². The molecular formula is C9H10ClN3O. The van der Waals surface area contributed by atoms with Gasteiger partial charge in [0.1, 0.15) is 5.76 Å². The molecule has 0 aliphatic carbocycles. The topological polar surface area (TPSA) is 51.8 Å². The molecule has 0 amide bonds. The number of rotatable bonds is 0. The van der Waals surface area contributed by atoms with E-state index in [1.165, 1.54) is 0 Å². The Labute approximate surface area is 86.3 Å². The molecule has 2 rings (SSSR count). The summed E-state index contributed by atoms with van der Waals surface area (Å²) in [4.78, 5) is 0. The lowest BCUT2D eigenvalue weighted by molar-refractivity contribution is 0.424. The Morgan fingerprint density at radius 3 is 2.57 bits per heavy atom. The molecule has 0 radical (unpaired) electrons. The van der Waals surface area contributed by atoms with E-state index in [-0.39, 0.29) is 5.41 Å². The van der Waals surface area contributed by atoms with Gasteiger partial charge in [0.05, 0.1) is 5.39 Å². The molecule has 2 heterocycles. The van der Waals surface area contributed by atoms with E-state index in [0.717, 1.165) is 5.76 Å². The molecule has 0 bridgehead atoms. The molecule has 14 heavy (non-hydrogen) atoms. The van der Waals surface area contributed by atoms with Gasteiger partial charge in [0, 0.05) is 5.41 Å². The number of hydrogen-bond acceptors (Lipinski definition) is 4. The summed E-state index contributed by atoms with van der Waals surface area (Å²) in [5.74, 6) is 0.830. The SMILES string of the molecule is CC(C)(C)c1cc2c(Cl)nnnc2o1. The third-order valence-corrected chi connectivity index (χ3v) is 2.22. The number of aromatic nitrogens is 3. The molecule has 0 aliphatic heterocycles. The summed E-state index contributed by atoms with van der Waals surface area (Å²) in [6.07, 6.45) is 0. The van der Waals surface area contributed by atoms with Crippen molar-refractivity contribution in [2.45, 2.75) is 26.2 Å². The van der Waals surface area contributed by atoms with Gasteiger partial charge in [-0.05, 0) is 11.3 Å². The van der Waals surface area contributed by atoms with Crippen LogP contribution in [-0.4, -0.2) is 15.4 Å². The van der Waals surface area contributed by atoms with Gasteiger partial charge in [0.15, 0.2) is 5.15 Å². The Kier molecular flexibility index (Phi) is 1.96. The number of halogens is 1. The average Bonchev–Trinajstić information content (AvgIpc) is 2.48. The van der Waals surface area contributed by atoms with Gasteiger partial charge in [-0.1, -0.05) is 37.5 Å². The fraction of sp³-hybridized carbons (Fsp3) is 0.444. The Morgan fingerprint density at radius 1 is 1.29 bits per heavy atom. The lowest BCUT2D eigenvalue weighted by atomic mass is 9.93. The van der Waals surface area contributed by atoms with Gasteiger partial charge in [0.25, 0.3) is 5.71 Å². The second kappa shape index (κ2) is 2.92. The minimum atomic E-state index is -0.0654. The molecule has 0 atom stereocenters. The molecule has 0 spiro atoms. The van der Waals surface area contributed by atoms with Crippen LogP contribution in [0.4, 0.5) is 0 Å². The minimum Gasteiger partial charge on any atom is -0.441 e. The first kappa shape index (κ1) is 9.40. The Bertz CT molecular complexity index is 472. The Balaban J connectivity index is 2.69. The summed E-state index contributed by atoms with van der Waals surface area (Å²) in [6, 6.07) is 1.86. The third kappa shape index (κ3) is 1.46. The van der Waals surface area contributed by atoms with Crippen molar-refractivity contribution < 1.29 is 4.42 Å². The van der Waals surface area contributed by atoms with E-state index in [2.05, 4.69) is 36.2 Å². The lowest BCUT2D eigenvalue weighted by Gasteiger charge is -2.13. The molecule has 0 saturated carbocycles. The van der Waals surface area contributed by atoms with Crippen LogP contribution in [0, 0.1) is 0 Å². The molecule has 2 aromatic rings. The van der Waals surface area contributed by atoms with E-state index >= 15 is 0 Å². The highest BCUT2D eigenvalue weighted by atomic mass is 35.5. The fourth-order valence-electron chi connectivity index (χ4n) is 1.13. The number of fused-ring (bicyclic) bond motifs is 1. The minimum absolute atomic E-state index is 0.0654. The number of nitrogens with zero attached hydrogens (tertiary/aromatic N) is 3. The molecule has 2 aromatic heterocycles. The zero-order chi connectivity index (χ0) is 10.3. The summed E-state index contributed by atoms with van der Waals surface area (Å²) in [7, 11) is 0. The maximum atomic E-state index is 5.85. The summed E-state index contributed by atoms with van der Waals surface area (Å²) in [6.45, 7) is 6.17. The highest BCUT2D eigenvalue weighted by Gasteiger charge is 2.20. The van der Waals surface area contributed by atoms with Gasteiger partial charge in [-0.2, -0.15) is 0 Å². The van der Waals surface area contributed by atoms with Crippen molar-refractivity contribution in [2.75, 3.05) is 0 Å². The normalized spacial score (nSPS) is 12.3. The second-order valence-corrected chi connectivity index (χ2v) is 4.52. The lowest BCUT2D eigenvalue weighted by Crippen LogP contribution is -2.08. The van der Waals surface area contributed by atoms with Crippen molar-refractivity contribution in [1.29, 1.82) is 0 Å². The van der Waals surface area contributed by atoms with E-state index in [0.29, 0.717) is 16.3 Å². The molecule has 74 valence electrons. The summed E-state index contributed by atoms with van der Waals surface area (Å²) >= 11 is 5.85. The average molecular weight is 212 g/mol. The maximum absolute atomic E-state index is 5.85. The summed E-state index contributed by atoms with van der Waals surface area (Å²) in [5, 5.41) is 11.9. The largest absolute Gasteiger partial charge is 0.441 e. The molecular weight excluding hydrogens is 202 g/mol. The van der Waals surface area contributed by atoms with Crippen LogP contribution in [0.15, 0.2) is 10.5 Å². The van der Waals surface area contributed by atoms with Crippen molar-refractivity contribution in [3.63, 3.8) is 0 Å². The zero-order valence-corrected chi connectivity index (χ0v) is 8.96. The molecule has 0 unspecified atom stereocenters. The smallest absolute Gasteiger partial charge is 0.251 e. The molecule has 0 fully saturated rings. The summed E-state index contributed by atoms with van der Waals surface area (Å²) in [5.41, 5.74) is 0.374. The van der Waals surface area contributed by atoms with Crippen molar-refractivity contribution >= 4 is 22.7 Å². The Hall–Kier alpha value is -1.16.